The first kappa shape index (κ1) is 13.6. The highest BCUT2D eigenvalue weighted by molar-refractivity contribution is 5.24. The number of nitrogens with zero attached hydrogens (tertiary/aromatic N) is 2. The minimum absolute atomic E-state index is 0.147. The van der Waals surface area contributed by atoms with Crippen molar-refractivity contribution in [1.82, 2.24) is 15.1 Å². The molecule has 4 nitrogen and oxygen atoms in total. The summed E-state index contributed by atoms with van der Waals surface area (Å²) in [6.07, 6.45) is 4.03. The van der Waals surface area contributed by atoms with Crippen LogP contribution in [-0.2, 0) is 13.1 Å². The van der Waals surface area contributed by atoms with Gasteiger partial charge in [0.2, 0.25) is 0 Å². The molecule has 0 saturated heterocycles. The zero-order chi connectivity index (χ0) is 13.2. The molecule has 0 atom stereocenters. The zero-order valence-corrected chi connectivity index (χ0v) is 11.8. The van der Waals surface area contributed by atoms with Gasteiger partial charge in [-0.1, -0.05) is 6.92 Å². The fourth-order valence-electron chi connectivity index (χ4n) is 2.59. The zero-order valence-electron chi connectivity index (χ0n) is 11.8. The third kappa shape index (κ3) is 2.75. The molecular weight excluding hydrogens is 226 g/mol. The van der Waals surface area contributed by atoms with E-state index in [0.717, 1.165) is 18.8 Å². The lowest BCUT2D eigenvalue weighted by Crippen LogP contribution is -2.23. The molecule has 18 heavy (non-hydrogen) atoms. The first-order valence-corrected chi connectivity index (χ1v) is 6.96. The highest BCUT2D eigenvalue weighted by Crippen LogP contribution is 2.47. The molecule has 1 aromatic rings. The molecular formula is C14H25N3O. The molecule has 2 N–H and O–H groups in total. The van der Waals surface area contributed by atoms with Crippen molar-refractivity contribution in [1.29, 1.82) is 0 Å². The van der Waals surface area contributed by atoms with Crippen LogP contribution in [0.2, 0.25) is 0 Å². The van der Waals surface area contributed by atoms with Crippen LogP contribution in [0.25, 0.3) is 0 Å². The summed E-state index contributed by atoms with van der Waals surface area (Å²) in [5.41, 5.74) is 4.13. The van der Waals surface area contributed by atoms with Crippen molar-refractivity contribution in [3.05, 3.63) is 17.0 Å². The maximum absolute atomic E-state index is 8.99. The van der Waals surface area contributed by atoms with Gasteiger partial charge in [0, 0.05) is 24.3 Å². The van der Waals surface area contributed by atoms with Gasteiger partial charge in [0.1, 0.15) is 0 Å². The second-order valence-corrected chi connectivity index (χ2v) is 5.55. The molecule has 0 unspecified atom stereocenters. The summed E-state index contributed by atoms with van der Waals surface area (Å²) in [6.45, 7) is 9.16. The molecule has 1 heterocycles. The number of aryl methyl sites for hydroxylation is 1. The van der Waals surface area contributed by atoms with Crippen molar-refractivity contribution in [2.45, 2.75) is 53.1 Å². The van der Waals surface area contributed by atoms with Crippen LogP contribution in [0, 0.1) is 19.3 Å². The first-order chi connectivity index (χ1) is 8.62. The molecule has 0 aromatic carbocycles. The number of aliphatic hydroxyl groups is 1. The fraction of sp³-hybridized carbons (Fsp3) is 0.786. The minimum atomic E-state index is 0.147. The SMILES string of the molecule is CCC1(CNCc2c(C)nn(CCO)c2C)CC1. The third-order valence-corrected chi connectivity index (χ3v) is 4.35. The molecule has 0 spiro atoms. The van der Waals surface area contributed by atoms with E-state index in [2.05, 4.69) is 24.3 Å². The van der Waals surface area contributed by atoms with Crippen LogP contribution in [0.1, 0.15) is 43.1 Å². The van der Waals surface area contributed by atoms with E-state index in [9.17, 15) is 0 Å². The Morgan fingerprint density at radius 1 is 1.39 bits per heavy atom. The van der Waals surface area contributed by atoms with E-state index in [4.69, 9.17) is 5.11 Å². The Kier molecular flexibility index (Phi) is 4.07. The van der Waals surface area contributed by atoms with Crippen molar-refractivity contribution in [2.24, 2.45) is 5.41 Å². The second-order valence-electron chi connectivity index (χ2n) is 5.55. The second kappa shape index (κ2) is 5.41. The van der Waals surface area contributed by atoms with Gasteiger partial charge in [0.05, 0.1) is 18.8 Å². The Bertz CT molecular complexity index is 407. The lowest BCUT2D eigenvalue weighted by Gasteiger charge is -2.13. The van der Waals surface area contributed by atoms with E-state index in [0.29, 0.717) is 12.0 Å². The van der Waals surface area contributed by atoms with Crippen molar-refractivity contribution in [2.75, 3.05) is 13.2 Å². The summed E-state index contributed by atoms with van der Waals surface area (Å²) in [5, 5.41) is 17.0. The van der Waals surface area contributed by atoms with Crippen LogP contribution in [0.4, 0.5) is 0 Å². The maximum Gasteiger partial charge on any atom is 0.0644 e. The van der Waals surface area contributed by atoms with E-state index in [1.807, 2.05) is 11.6 Å². The quantitative estimate of drug-likeness (QED) is 0.776. The van der Waals surface area contributed by atoms with Crippen LogP contribution < -0.4 is 5.32 Å². The number of aromatic nitrogens is 2. The van der Waals surface area contributed by atoms with Gasteiger partial charge in [-0.3, -0.25) is 4.68 Å². The molecule has 1 aliphatic rings. The monoisotopic (exact) mass is 251 g/mol. The molecule has 2 rings (SSSR count). The lowest BCUT2D eigenvalue weighted by atomic mass is 10.0. The van der Waals surface area contributed by atoms with E-state index < -0.39 is 0 Å². The fourth-order valence-corrected chi connectivity index (χ4v) is 2.59. The van der Waals surface area contributed by atoms with Gasteiger partial charge >= 0.3 is 0 Å². The van der Waals surface area contributed by atoms with E-state index in [1.165, 1.54) is 30.5 Å². The normalized spacial score (nSPS) is 17.1. The van der Waals surface area contributed by atoms with Gasteiger partial charge in [-0.25, -0.2) is 0 Å². The average Bonchev–Trinajstić information content (AvgIpc) is 3.08. The van der Waals surface area contributed by atoms with Crippen LogP contribution in [0.5, 0.6) is 0 Å². The van der Waals surface area contributed by atoms with Crippen LogP contribution in [0.15, 0.2) is 0 Å². The largest absolute Gasteiger partial charge is 0.394 e. The van der Waals surface area contributed by atoms with Crippen LogP contribution >= 0.6 is 0 Å². The molecule has 0 bridgehead atoms. The van der Waals surface area contributed by atoms with Crippen LogP contribution in [0.3, 0.4) is 0 Å². The van der Waals surface area contributed by atoms with Crippen molar-refractivity contribution in [3.63, 3.8) is 0 Å². The lowest BCUT2D eigenvalue weighted by molar-refractivity contribution is 0.267. The Morgan fingerprint density at radius 2 is 2.11 bits per heavy atom. The first-order valence-electron chi connectivity index (χ1n) is 6.96. The summed E-state index contributed by atoms with van der Waals surface area (Å²) in [5.74, 6) is 0. The third-order valence-electron chi connectivity index (χ3n) is 4.35. The van der Waals surface area contributed by atoms with Crippen molar-refractivity contribution >= 4 is 0 Å². The highest BCUT2D eigenvalue weighted by Gasteiger charge is 2.39. The number of nitrogens with one attached hydrogen (secondary N) is 1. The predicted octanol–water partition coefficient (Wildman–Crippen LogP) is 1.77. The van der Waals surface area contributed by atoms with Gasteiger partial charge in [0.25, 0.3) is 0 Å². The smallest absolute Gasteiger partial charge is 0.0644 e. The Labute approximate surface area is 109 Å². The van der Waals surface area contributed by atoms with Gasteiger partial charge in [-0.2, -0.15) is 5.10 Å². The summed E-state index contributed by atoms with van der Waals surface area (Å²) in [6, 6.07) is 0. The average molecular weight is 251 g/mol. The van der Waals surface area contributed by atoms with E-state index in [-0.39, 0.29) is 6.61 Å². The van der Waals surface area contributed by atoms with Gasteiger partial charge in [-0.15, -0.1) is 0 Å². The Balaban J connectivity index is 1.92. The molecule has 0 radical (unpaired) electrons. The maximum atomic E-state index is 8.99. The molecule has 4 heteroatoms. The van der Waals surface area contributed by atoms with Gasteiger partial charge < -0.3 is 10.4 Å². The summed E-state index contributed by atoms with van der Waals surface area (Å²) >= 11 is 0. The summed E-state index contributed by atoms with van der Waals surface area (Å²) in [4.78, 5) is 0. The summed E-state index contributed by atoms with van der Waals surface area (Å²) in [7, 11) is 0. The topological polar surface area (TPSA) is 50.1 Å². The van der Waals surface area contributed by atoms with E-state index in [1.54, 1.807) is 0 Å². The highest BCUT2D eigenvalue weighted by atomic mass is 16.3. The van der Waals surface area contributed by atoms with Crippen LogP contribution in [-0.4, -0.2) is 28.0 Å². The van der Waals surface area contributed by atoms with Crippen molar-refractivity contribution < 1.29 is 5.11 Å². The number of rotatable bonds is 7. The molecule has 1 aliphatic carbocycles. The molecule has 1 fully saturated rings. The predicted molar refractivity (Wildman–Crippen MR) is 72.5 cm³/mol. The molecule has 102 valence electrons. The minimum Gasteiger partial charge on any atom is -0.394 e. The number of hydrogen-bond donors (Lipinski definition) is 2. The van der Waals surface area contributed by atoms with Crippen molar-refractivity contribution in [3.8, 4) is 0 Å². The number of aliphatic hydroxyl groups excluding tert-OH is 1. The molecule has 0 aliphatic heterocycles. The standard InChI is InChI=1S/C14H25N3O/c1-4-14(5-6-14)10-15-9-13-11(2)16-17(7-8-18)12(13)3/h15,18H,4-10H2,1-3H3. The Morgan fingerprint density at radius 3 is 2.67 bits per heavy atom. The molecule has 1 aromatic heterocycles. The molecule has 1 saturated carbocycles. The van der Waals surface area contributed by atoms with Gasteiger partial charge in [-0.05, 0) is 38.5 Å². The number of hydrogen-bond acceptors (Lipinski definition) is 3. The van der Waals surface area contributed by atoms with Gasteiger partial charge in [0.15, 0.2) is 0 Å². The van der Waals surface area contributed by atoms with E-state index >= 15 is 0 Å². The Hall–Kier alpha value is -0.870. The summed E-state index contributed by atoms with van der Waals surface area (Å²) < 4.78 is 1.90. The molecule has 0 amide bonds.